The van der Waals surface area contributed by atoms with Gasteiger partial charge in [-0.1, -0.05) is 6.07 Å². The van der Waals surface area contributed by atoms with E-state index in [4.69, 9.17) is 5.73 Å². The van der Waals surface area contributed by atoms with Gasteiger partial charge in [-0.05, 0) is 30.3 Å². The van der Waals surface area contributed by atoms with Gasteiger partial charge in [-0.3, -0.25) is 4.79 Å². The molecule has 1 saturated heterocycles. The van der Waals surface area contributed by atoms with E-state index in [9.17, 15) is 14.3 Å². The lowest BCUT2D eigenvalue weighted by atomic mass is 9.92. The molecule has 1 aliphatic rings. The lowest BCUT2D eigenvalue weighted by molar-refractivity contribution is -0.124. The zero-order valence-electron chi connectivity index (χ0n) is 10.6. The summed E-state index contributed by atoms with van der Waals surface area (Å²) in [5, 5.41) is 9.94. The molecule has 0 aliphatic carbocycles. The number of hydrogen-bond acceptors (Lipinski definition) is 3. The number of β-lactam (4-membered cyclic amide) rings is 1. The smallest absolute Gasteiger partial charge is 0.230 e. The normalized spacial score (nSPS) is 17.9. The zero-order valence-corrected chi connectivity index (χ0v) is 10.6. The lowest BCUT2D eigenvalue weighted by Gasteiger charge is -2.41. The van der Waals surface area contributed by atoms with Crippen molar-refractivity contribution in [2.45, 2.75) is 12.5 Å². The number of nitrogens with zero attached hydrogens (tertiary/aromatic N) is 1. The molecular formula is C15H13FN2O2. The Morgan fingerprint density at radius 1 is 1.20 bits per heavy atom. The predicted molar refractivity (Wildman–Crippen MR) is 73.8 cm³/mol. The van der Waals surface area contributed by atoms with Gasteiger partial charge in [0.25, 0.3) is 0 Å². The Morgan fingerprint density at radius 3 is 2.50 bits per heavy atom. The minimum absolute atomic E-state index is 0.0576. The second kappa shape index (κ2) is 4.52. The first-order valence-electron chi connectivity index (χ1n) is 6.22. The van der Waals surface area contributed by atoms with E-state index in [2.05, 4.69) is 0 Å². The number of aromatic hydroxyl groups is 1. The van der Waals surface area contributed by atoms with Crippen LogP contribution in [0.5, 0.6) is 5.75 Å². The van der Waals surface area contributed by atoms with E-state index in [1.807, 2.05) is 0 Å². The van der Waals surface area contributed by atoms with Crippen LogP contribution in [0, 0.1) is 5.82 Å². The van der Waals surface area contributed by atoms with Crippen LogP contribution in [0.3, 0.4) is 0 Å². The number of nitrogen functional groups attached to an aromatic ring is 1. The van der Waals surface area contributed by atoms with Gasteiger partial charge in [-0.25, -0.2) is 4.39 Å². The minimum Gasteiger partial charge on any atom is -0.508 e. The second-order valence-electron chi connectivity index (χ2n) is 4.78. The first kappa shape index (κ1) is 12.5. The van der Waals surface area contributed by atoms with Crippen LogP contribution in [0.25, 0.3) is 0 Å². The van der Waals surface area contributed by atoms with Crippen LogP contribution in [-0.2, 0) is 4.79 Å². The van der Waals surface area contributed by atoms with Crippen LogP contribution >= 0.6 is 0 Å². The number of halogens is 1. The SMILES string of the molecule is Nc1ccc(C2CC(=O)N2c2ccc(F)cc2)c(O)c1. The number of anilines is 2. The predicted octanol–water partition coefficient (Wildman–Crippen LogP) is 2.59. The largest absolute Gasteiger partial charge is 0.508 e. The molecule has 0 bridgehead atoms. The van der Waals surface area contributed by atoms with Crippen LogP contribution in [0.4, 0.5) is 15.8 Å². The van der Waals surface area contributed by atoms with Crippen molar-refractivity contribution >= 4 is 17.3 Å². The highest BCUT2D eigenvalue weighted by molar-refractivity contribution is 6.01. The number of phenolic OH excluding ortho intramolecular Hbond substituents is 1. The molecule has 3 N–H and O–H groups in total. The molecule has 5 heteroatoms. The molecule has 1 aliphatic heterocycles. The number of nitrogens with two attached hydrogens (primary N) is 1. The molecule has 1 fully saturated rings. The Kier molecular flexibility index (Phi) is 2.82. The van der Waals surface area contributed by atoms with Crippen molar-refractivity contribution in [2.24, 2.45) is 0 Å². The van der Waals surface area contributed by atoms with E-state index >= 15 is 0 Å². The summed E-state index contributed by atoms with van der Waals surface area (Å²) in [7, 11) is 0. The van der Waals surface area contributed by atoms with E-state index in [0.717, 1.165) is 0 Å². The first-order chi connectivity index (χ1) is 9.56. The minimum atomic E-state index is -0.353. The Labute approximate surface area is 115 Å². The summed E-state index contributed by atoms with van der Waals surface area (Å²) in [5.74, 6) is -0.346. The van der Waals surface area contributed by atoms with E-state index in [1.165, 1.54) is 18.2 Å². The van der Waals surface area contributed by atoms with Gasteiger partial charge in [0.15, 0.2) is 0 Å². The van der Waals surface area contributed by atoms with E-state index in [1.54, 1.807) is 29.2 Å². The molecule has 20 heavy (non-hydrogen) atoms. The third-order valence-electron chi connectivity index (χ3n) is 3.47. The van der Waals surface area contributed by atoms with Crippen LogP contribution in [0.2, 0.25) is 0 Å². The molecule has 4 nitrogen and oxygen atoms in total. The van der Waals surface area contributed by atoms with Gasteiger partial charge in [-0.2, -0.15) is 0 Å². The Balaban J connectivity index is 1.95. The molecule has 0 saturated carbocycles. The molecule has 0 aromatic heterocycles. The van der Waals surface area contributed by atoms with Crippen molar-refractivity contribution < 1.29 is 14.3 Å². The van der Waals surface area contributed by atoms with Crippen molar-refractivity contribution in [2.75, 3.05) is 10.6 Å². The van der Waals surface area contributed by atoms with E-state index < -0.39 is 0 Å². The summed E-state index contributed by atoms with van der Waals surface area (Å²) in [6.07, 6.45) is 0.314. The molecule has 2 aromatic carbocycles. The summed E-state index contributed by atoms with van der Waals surface area (Å²) >= 11 is 0. The zero-order chi connectivity index (χ0) is 14.3. The van der Waals surface area contributed by atoms with Crippen LogP contribution in [0.15, 0.2) is 42.5 Å². The van der Waals surface area contributed by atoms with Crippen molar-refractivity contribution in [3.63, 3.8) is 0 Å². The molecule has 2 aromatic rings. The fraction of sp³-hybridized carbons (Fsp3) is 0.133. The number of phenols is 1. The topological polar surface area (TPSA) is 66.6 Å². The maximum absolute atomic E-state index is 12.9. The highest BCUT2D eigenvalue weighted by Crippen LogP contribution is 2.42. The van der Waals surface area contributed by atoms with E-state index in [0.29, 0.717) is 23.4 Å². The third kappa shape index (κ3) is 1.97. The summed E-state index contributed by atoms with van der Waals surface area (Å²) in [4.78, 5) is 13.4. The van der Waals surface area contributed by atoms with Gasteiger partial charge in [0.05, 0.1) is 12.5 Å². The van der Waals surface area contributed by atoms with Crippen LogP contribution in [-0.4, -0.2) is 11.0 Å². The van der Waals surface area contributed by atoms with Gasteiger partial charge in [0.2, 0.25) is 5.91 Å². The van der Waals surface area contributed by atoms with Crippen molar-refractivity contribution in [3.8, 4) is 5.75 Å². The standard InChI is InChI=1S/C15H13FN2O2/c16-9-1-4-11(5-2-9)18-13(8-15(18)20)12-6-3-10(17)7-14(12)19/h1-7,13,19H,8,17H2. The monoisotopic (exact) mass is 272 g/mol. The molecule has 1 heterocycles. The van der Waals surface area contributed by atoms with Gasteiger partial charge in [0, 0.05) is 23.0 Å². The van der Waals surface area contributed by atoms with E-state index in [-0.39, 0.29) is 23.5 Å². The van der Waals surface area contributed by atoms with Gasteiger partial charge in [0.1, 0.15) is 11.6 Å². The molecule has 3 rings (SSSR count). The van der Waals surface area contributed by atoms with Gasteiger partial charge in [-0.15, -0.1) is 0 Å². The summed E-state index contributed by atoms with van der Waals surface area (Å²) in [6.45, 7) is 0. The fourth-order valence-electron chi connectivity index (χ4n) is 2.43. The van der Waals surface area contributed by atoms with Crippen molar-refractivity contribution in [1.29, 1.82) is 0 Å². The quantitative estimate of drug-likeness (QED) is 0.652. The third-order valence-corrected chi connectivity index (χ3v) is 3.47. The number of rotatable bonds is 2. The number of benzene rings is 2. The molecule has 1 atom stereocenters. The Hall–Kier alpha value is -2.56. The molecule has 1 unspecified atom stereocenters. The highest BCUT2D eigenvalue weighted by Gasteiger charge is 2.39. The average Bonchev–Trinajstić information content (AvgIpc) is 2.39. The second-order valence-corrected chi connectivity index (χ2v) is 4.78. The van der Waals surface area contributed by atoms with Crippen LogP contribution < -0.4 is 10.6 Å². The number of amides is 1. The molecule has 102 valence electrons. The fourth-order valence-corrected chi connectivity index (χ4v) is 2.43. The average molecular weight is 272 g/mol. The first-order valence-corrected chi connectivity index (χ1v) is 6.22. The molecule has 1 amide bonds. The van der Waals surface area contributed by atoms with Gasteiger partial charge >= 0.3 is 0 Å². The molecule has 0 spiro atoms. The summed E-state index contributed by atoms with van der Waals surface area (Å²) in [6, 6.07) is 10.3. The highest BCUT2D eigenvalue weighted by atomic mass is 19.1. The number of carbonyl (C=O) groups is 1. The van der Waals surface area contributed by atoms with Gasteiger partial charge < -0.3 is 15.7 Å². The maximum Gasteiger partial charge on any atom is 0.230 e. The summed E-state index contributed by atoms with van der Waals surface area (Å²) < 4.78 is 12.9. The number of hydrogen-bond donors (Lipinski definition) is 2. The number of carbonyl (C=O) groups excluding carboxylic acids is 1. The Morgan fingerprint density at radius 2 is 1.90 bits per heavy atom. The maximum atomic E-state index is 12.9. The lowest BCUT2D eigenvalue weighted by Crippen LogP contribution is -2.46. The van der Waals surface area contributed by atoms with Crippen molar-refractivity contribution in [1.82, 2.24) is 0 Å². The molecular weight excluding hydrogens is 259 g/mol. The van der Waals surface area contributed by atoms with Crippen molar-refractivity contribution in [3.05, 3.63) is 53.8 Å². The summed E-state index contributed by atoms with van der Waals surface area (Å²) in [5.41, 5.74) is 7.31. The Bertz CT molecular complexity index is 670. The molecule has 0 radical (unpaired) electrons. The van der Waals surface area contributed by atoms with Crippen LogP contribution in [0.1, 0.15) is 18.0 Å².